The molecule has 1 fully saturated rings. The number of hydrogen-bond donors (Lipinski definition) is 0. The summed E-state index contributed by atoms with van der Waals surface area (Å²) in [5, 5.41) is 0. The predicted molar refractivity (Wildman–Crippen MR) is 72.7 cm³/mol. The van der Waals surface area contributed by atoms with Gasteiger partial charge in [-0.2, -0.15) is 4.99 Å². The first-order valence-electron chi connectivity index (χ1n) is 6.57. The Morgan fingerprint density at radius 2 is 1.90 bits per heavy atom. The van der Waals surface area contributed by atoms with Crippen LogP contribution in [0.3, 0.4) is 0 Å². The van der Waals surface area contributed by atoms with Gasteiger partial charge >= 0.3 is 0 Å². The summed E-state index contributed by atoms with van der Waals surface area (Å²) >= 11 is 0. The molecule has 20 heavy (non-hydrogen) atoms. The molecule has 1 aromatic rings. The van der Waals surface area contributed by atoms with E-state index in [2.05, 4.69) is 4.99 Å². The number of halogens is 1. The number of hydrogen-bond acceptors (Lipinski definition) is 4. The summed E-state index contributed by atoms with van der Waals surface area (Å²) in [6.07, 6.45) is 2.84. The third-order valence-electron chi connectivity index (χ3n) is 3.93. The minimum absolute atomic E-state index is 0.473. The number of aliphatic imine (C=N–C) groups is 1. The Kier molecular flexibility index (Phi) is 4.09. The van der Waals surface area contributed by atoms with E-state index in [1.165, 1.54) is 21.1 Å². The molecule has 0 N–H and O–H groups in total. The number of carbonyl (C=O) groups excluding carboxylic acids is 1. The highest BCUT2D eigenvalue weighted by atomic mass is 19.1. The van der Waals surface area contributed by atoms with Crippen molar-refractivity contribution in [2.24, 2.45) is 4.99 Å². The zero-order valence-electron chi connectivity index (χ0n) is 11.9. The van der Waals surface area contributed by atoms with Crippen molar-refractivity contribution < 1.29 is 18.7 Å². The van der Waals surface area contributed by atoms with Crippen LogP contribution < -0.4 is 9.47 Å². The normalized spacial score (nSPS) is 17.6. The van der Waals surface area contributed by atoms with Crippen LogP contribution in [0.4, 0.5) is 4.39 Å². The molecular formula is C15H18FNO3. The van der Waals surface area contributed by atoms with Gasteiger partial charge in [0.1, 0.15) is 6.17 Å². The largest absolute Gasteiger partial charge is 0.493 e. The Morgan fingerprint density at radius 3 is 2.30 bits per heavy atom. The summed E-state index contributed by atoms with van der Waals surface area (Å²) < 4.78 is 24.4. The van der Waals surface area contributed by atoms with Crippen LogP contribution >= 0.6 is 0 Å². The quantitative estimate of drug-likeness (QED) is 0.612. The summed E-state index contributed by atoms with van der Waals surface area (Å²) in [4.78, 5) is 14.6. The molecule has 0 heterocycles. The molecule has 0 aliphatic heterocycles. The topological polar surface area (TPSA) is 47.9 Å². The first-order valence-corrected chi connectivity index (χ1v) is 6.57. The van der Waals surface area contributed by atoms with Crippen LogP contribution in [0.1, 0.15) is 43.5 Å². The summed E-state index contributed by atoms with van der Waals surface area (Å²) in [6, 6.07) is 3.35. The maximum absolute atomic E-state index is 13.9. The highest BCUT2D eigenvalue weighted by Gasteiger charge is 2.41. The number of alkyl halides is 1. The summed E-state index contributed by atoms with van der Waals surface area (Å²) in [5.41, 5.74) is 0.526. The van der Waals surface area contributed by atoms with Crippen LogP contribution in [-0.2, 0) is 10.3 Å². The molecule has 1 aliphatic rings. The molecule has 108 valence electrons. The third kappa shape index (κ3) is 2.29. The minimum Gasteiger partial charge on any atom is -0.493 e. The monoisotopic (exact) mass is 279 g/mol. The van der Waals surface area contributed by atoms with E-state index < -0.39 is 11.7 Å². The summed E-state index contributed by atoms with van der Waals surface area (Å²) in [5.74, 6) is 0.986. The van der Waals surface area contributed by atoms with E-state index in [0.717, 1.165) is 19.3 Å². The van der Waals surface area contributed by atoms with Gasteiger partial charge in [0.15, 0.2) is 11.5 Å². The van der Waals surface area contributed by atoms with Gasteiger partial charge in [0.05, 0.1) is 19.8 Å². The second-order valence-electron chi connectivity index (χ2n) is 5.00. The second-order valence-corrected chi connectivity index (χ2v) is 5.00. The molecule has 0 spiro atoms. The average Bonchev–Trinajstić information content (AvgIpc) is 2.41. The molecule has 0 radical (unpaired) electrons. The van der Waals surface area contributed by atoms with Gasteiger partial charge in [0.25, 0.3) is 0 Å². The van der Waals surface area contributed by atoms with Crippen LogP contribution in [0, 0.1) is 0 Å². The first-order chi connectivity index (χ1) is 9.57. The molecule has 1 unspecified atom stereocenters. The molecule has 2 rings (SSSR count). The number of methoxy groups -OCH3 is 2. The smallest absolute Gasteiger partial charge is 0.235 e. The third-order valence-corrected chi connectivity index (χ3v) is 3.93. The van der Waals surface area contributed by atoms with Crippen LogP contribution in [-0.4, -0.2) is 20.3 Å². The van der Waals surface area contributed by atoms with E-state index in [0.29, 0.717) is 22.6 Å². The van der Waals surface area contributed by atoms with E-state index >= 15 is 0 Å². The van der Waals surface area contributed by atoms with Gasteiger partial charge in [-0.15, -0.1) is 0 Å². The van der Waals surface area contributed by atoms with E-state index in [1.54, 1.807) is 18.2 Å². The average molecular weight is 279 g/mol. The van der Waals surface area contributed by atoms with Crippen molar-refractivity contribution in [2.45, 2.75) is 37.9 Å². The molecule has 4 nitrogen and oxygen atoms in total. The van der Waals surface area contributed by atoms with Gasteiger partial charge in [0, 0.05) is 0 Å². The standard InChI is InChI=1S/C15H18FNO3/c1-10(16)11-7-13(19-2)14(20-3)8-12(11)15(17-9-18)5-4-6-15/h7-8,10H,4-6H2,1-3H3. The molecule has 1 saturated carbocycles. The van der Waals surface area contributed by atoms with E-state index in [9.17, 15) is 9.18 Å². The van der Waals surface area contributed by atoms with Crippen LogP contribution in [0.5, 0.6) is 11.5 Å². The lowest BCUT2D eigenvalue weighted by atomic mass is 9.70. The Hall–Kier alpha value is -1.87. The maximum atomic E-state index is 13.9. The van der Waals surface area contributed by atoms with Crippen molar-refractivity contribution in [3.63, 3.8) is 0 Å². The number of ether oxygens (including phenoxy) is 2. The highest BCUT2D eigenvalue weighted by Crippen LogP contribution is 2.49. The highest BCUT2D eigenvalue weighted by molar-refractivity contribution is 5.52. The van der Waals surface area contributed by atoms with Crippen molar-refractivity contribution in [2.75, 3.05) is 14.2 Å². The van der Waals surface area contributed by atoms with Crippen molar-refractivity contribution in [1.82, 2.24) is 0 Å². The fraction of sp³-hybridized carbons (Fsp3) is 0.533. The van der Waals surface area contributed by atoms with E-state index in [4.69, 9.17) is 9.47 Å². The summed E-state index contributed by atoms with van der Waals surface area (Å²) in [6.45, 7) is 1.46. The fourth-order valence-corrected chi connectivity index (χ4v) is 2.67. The van der Waals surface area contributed by atoms with Gasteiger partial charge in [-0.3, -0.25) is 0 Å². The zero-order valence-corrected chi connectivity index (χ0v) is 11.9. The van der Waals surface area contributed by atoms with Crippen LogP contribution in [0.25, 0.3) is 0 Å². The van der Waals surface area contributed by atoms with Crippen molar-refractivity contribution in [1.29, 1.82) is 0 Å². The van der Waals surface area contributed by atoms with Gasteiger partial charge in [-0.1, -0.05) is 0 Å². The molecular weight excluding hydrogens is 261 g/mol. The molecule has 1 aliphatic carbocycles. The van der Waals surface area contributed by atoms with Gasteiger partial charge in [-0.05, 0) is 49.4 Å². The zero-order chi connectivity index (χ0) is 14.8. The Balaban J connectivity index is 2.63. The molecule has 5 heteroatoms. The number of isocyanates is 1. The molecule has 0 amide bonds. The molecule has 0 aromatic heterocycles. The van der Waals surface area contributed by atoms with E-state index in [-0.39, 0.29) is 0 Å². The fourth-order valence-electron chi connectivity index (χ4n) is 2.67. The lowest BCUT2D eigenvalue weighted by molar-refractivity contribution is 0.245. The van der Waals surface area contributed by atoms with Crippen LogP contribution in [0.2, 0.25) is 0 Å². The van der Waals surface area contributed by atoms with Crippen molar-refractivity contribution >= 4 is 6.08 Å². The van der Waals surface area contributed by atoms with Gasteiger partial charge < -0.3 is 9.47 Å². The molecule has 0 saturated heterocycles. The minimum atomic E-state index is -1.18. The predicted octanol–water partition coefficient (Wildman–Crippen LogP) is 3.45. The van der Waals surface area contributed by atoms with Crippen molar-refractivity contribution in [3.8, 4) is 11.5 Å². The number of rotatable bonds is 5. The van der Waals surface area contributed by atoms with Crippen LogP contribution in [0.15, 0.2) is 17.1 Å². The molecule has 1 atom stereocenters. The first kappa shape index (κ1) is 14.5. The number of benzene rings is 1. The Labute approximate surface area is 117 Å². The second kappa shape index (κ2) is 5.63. The van der Waals surface area contributed by atoms with Gasteiger partial charge in [0.2, 0.25) is 6.08 Å². The summed E-state index contributed by atoms with van der Waals surface area (Å²) in [7, 11) is 3.03. The Morgan fingerprint density at radius 1 is 1.30 bits per heavy atom. The van der Waals surface area contributed by atoms with E-state index in [1.807, 2.05) is 0 Å². The van der Waals surface area contributed by atoms with Gasteiger partial charge in [-0.25, -0.2) is 9.18 Å². The number of nitrogens with zero attached hydrogens (tertiary/aromatic N) is 1. The Bertz CT molecular complexity index is 546. The van der Waals surface area contributed by atoms with Crippen molar-refractivity contribution in [3.05, 3.63) is 23.3 Å². The maximum Gasteiger partial charge on any atom is 0.235 e. The SMILES string of the molecule is COc1cc(C(C)F)c(C2(N=C=O)CCC2)cc1OC. The molecule has 0 bridgehead atoms. The lowest BCUT2D eigenvalue weighted by Gasteiger charge is -2.39. The lowest BCUT2D eigenvalue weighted by Crippen LogP contribution is -2.33. The molecule has 1 aromatic carbocycles.